The SMILES string of the molecule is COc1cc(OC)cc(OCCCCCN2CCCCC2)c1. The van der Waals surface area contributed by atoms with Gasteiger partial charge in [0.1, 0.15) is 17.2 Å². The molecule has 4 nitrogen and oxygen atoms in total. The molecule has 1 aromatic carbocycles. The molecule has 1 aromatic rings. The Kier molecular flexibility index (Phi) is 7.37. The van der Waals surface area contributed by atoms with Crippen molar-refractivity contribution < 1.29 is 14.2 Å². The van der Waals surface area contributed by atoms with Crippen molar-refractivity contribution in [3.8, 4) is 17.2 Å². The number of rotatable bonds is 9. The second-order valence-electron chi connectivity index (χ2n) is 5.86. The van der Waals surface area contributed by atoms with Crippen LogP contribution in [0.15, 0.2) is 18.2 Å². The second-order valence-corrected chi connectivity index (χ2v) is 5.86. The summed E-state index contributed by atoms with van der Waals surface area (Å²) in [5.41, 5.74) is 0. The summed E-state index contributed by atoms with van der Waals surface area (Å²) in [5, 5.41) is 0. The fourth-order valence-electron chi connectivity index (χ4n) is 2.85. The summed E-state index contributed by atoms with van der Waals surface area (Å²) in [5.74, 6) is 2.34. The third-order valence-electron chi connectivity index (χ3n) is 4.16. The molecule has 0 N–H and O–H groups in total. The normalized spacial score (nSPS) is 15.5. The van der Waals surface area contributed by atoms with Crippen LogP contribution in [-0.2, 0) is 0 Å². The second kappa shape index (κ2) is 9.57. The van der Waals surface area contributed by atoms with E-state index >= 15 is 0 Å². The molecule has 0 bridgehead atoms. The lowest BCUT2D eigenvalue weighted by atomic mass is 10.1. The summed E-state index contributed by atoms with van der Waals surface area (Å²) in [6.45, 7) is 4.57. The Hall–Kier alpha value is -1.42. The monoisotopic (exact) mass is 307 g/mol. The number of methoxy groups -OCH3 is 2. The Bertz CT molecular complexity index is 408. The molecule has 1 saturated heterocycles. The standard InChI is InChI=1S/C18H29NO3/c1-20-16-13-17(21-2)15-18(14-16)22-12-8-4-7-11-19-9-5-3-6-10-19/h13-15H,3-12H2,1-2H3. The molecule has 1 heterocycles. The van der Waals surface area contributed by atoms with Crippen LogP contribution in [0.3, 0.4) is 0 Å². The van der Waals surface area contributed by atoms with Crippen molar-refractivity contribution >= 4 is 0 Å². The lowest BCUT2D eigenvalue weighted by Gasteiger charge is -2.26. The topological polar surface area (TPSA) is 30.9 Å². The van der Waals surface area contributed by atoms with Crippen LogP contribution in [0.25, 0.3) is 0 Å². The van der Waals surface area contributed by atoms with Crippen LogP contribution in [0.1, 0.15) is 38.5 Å². The minimum absolute atomic E-state index is 0.746. The van der Waals surface area contributed by atoms with Gasteiger partial charge in [-0.1, -0.05) is 6.42 Å². The summed E-state index contributed by atoms with van der Waals surface area (Å²) < 4.78 is 16.3. The van der Waals surface area contributed by atoms with E-state index in [4.69, 9.17) is 14.2 Å². The average Bonchev–Trinajstić information content (AvgIpc) is 2.58. The van der Waals surface area contributed by atoms with Gasteiger partial charge in [-0.25, -0.2) is 0 Å². The number of nitrogens with zero attached hydrogens (tertiary/aromatic N) is 1. The van der Waals surface area contributed by atoms with Crippen molar-refractivity contribution in [1.29, 1.82) is 0 Å². The molecule has 1 fully saturated rings. The molecule has 0 saturated carbocycles. The zero-order chi connectivity index (χ0) is 15.6. The average molecular weight is 307 g/mol. The Morgan fingerprint density at radius 1 is 0.818 bits per heavy atom. The molecule has 0 unspecified atom stereocenters. The number of benzene rings is 1. The Labute approximate surface area is 134 Å². The van der Waals surface area contributed by atoms with Gasteiger partial charge < -0.3 is 19.1 Å². The molecule has 124 valence electrons. The third-order valence-corrected chi connectivity index (χ3v) is 4.16. The van der Waals surface area contributed by atoms with E-state index < -0.39 is 0 Å². The van der Waals surface area contributed by atoms with Crippen molar-refractivity contribution in [1.82, 2.24) is 4.90 Å². The van der Waals surface area contributed by atoms with E-state index in [9.17, 15) is 0 Å². The molecule has 1 aliphatic rings. The highest BCUT2D eigenvalue weighted by Gasteiger charge is 2.08. The number of ether oxygens (including phenoxy) is 3. The third kappa shape index (κ3) is 5.76. The first-order valence-electron chi connectivity index (χ1n) is 8.40. The largest absolute Gasteiger partial charge is 0.496 e. The Morgan fingerprint density at radius 3 is 2.09 bits per heavy atom. The minimum atomic E-state index is 0.746. The van der Waals surface area contributed by atoms with Gasteiger partial charge in [-0.3, -0.25) is 0 Å². The first kappa shape index (κ1) is 16.9. The summed E-state index contributed by atoms with van der Waals surface area (Å²) in [6.07, 6.45) is 7.74. The van der Waals surface area contributed by atoms with Gasteiger partial charge in [-0.05, 0) is 51.7 Å². The molecular formula is C18H29NO3. The van der Waals surface area contributed by atoms with Crippen LogP contribution >= 0.6 is 0 Å². The highest BCUT2D eigenvalue weighted by atomic mass is 16.5. The predicted octanol–water partition coefficient (Wildman–Crippen LogP) is 3.74. The van der Waals surface area contributed by atoms with Crippen LogP contribution in [0, 0.1) is 0 Å². The van der Waals surface area contributed by atoms with Crippen LogP contribution in [0.5, 0.6) is 17.2 Å². The van der Waals surface area contributed by atoms with Crippen LogP contribution in [0.4, 0.5) is 0 Å². The van der Waals surface area contributed by atoms with Crippen molar-refractivity contribution in [2.75, 3.05) is 40.5 Å². The molecule has 0 aromatic heterocycles. The Balaban J connectivity index is 1.61. The zero-order valence-corrected chi connectivity index (χ0v) is 14.0. The first-order valence-corrected chi connectivity index (χ1v) is 8.40. The summed E-state index contributed by atoms with van der Waals surface area (Å²) in [6, 6.07) is 5.65. The smallest absolute Gasteiger partial charge is 0.126 e. The zero-order valence-electron chi connectivity index (χ0n) is 14.0. The van der Waals surface area contributed by atoms with E-state index in [1.165, 1.54) is 51.7 Å². The number of unbranched alkanes of at least 4 members (excludes halogenated alkanes) is 2. The Morgan fingerprint density at radius 2 is 1.45 bits per heavy atom. The van der Waals surface area contributed by atoms with Gasteiger partial charge in [0.25, 0.3) is 0 Å². The lowest BCUT2D eigenvalue weighted by molar-refractivity contribution is 0.221. The quantitative estimate of drug-likeness (QED) is 0.650. The molecule has 0 spiro atoms. The number of hydrogen-bond acceptors (Lipinski definition) is 4. The number of likely N-dealkylation sites (tertiary alicyclic amines) is 1. The first-order chi connectivity index (χ1) is 10.8. The maximum Gasteiger partial charge on any atom is 0.126 e. The maximum absolute atomic E-state index is 5.81. The van der Waals surface area contributed by atoms with Gasteiger partial charge in [0.2, 0.25) is 0 Å². The van der Waals surface area contributed by atoms with Gasteiger partial charge in [0.15, 0.2) is 0 Å². The summed E-state index contributed by atoms with van der Waals surface area (Å²) >= 11 is 0. The molecule has 22 heavy (non-hydrogen) atoms. The lowest BCUT2D eigenvalue weighted by Crippen LogP contribution is -2.30. The van der Waals surface area contributed by atoms with Crippen LogP contribution in [-0.4, -0.2) is 45.4 Å². The molecule has 0 amide bonds. The maximum atomic E-state index is 5.81. The molecule has 1 aliphatic heterocycles. The number of piperidine rings is 1. The van der Waals surface area contributed by atoms with E-state index in [-0.39, 0.29) is 0 Å². The van der Waals surface area contributed by atoms with Crippen molar-refractivity contribution in [2.24, 2.45) is 0 Å². The predicted molar refractivity (Wildman–Crippen MR) is 89.2 cm³/mol. The fraction of sp³-hybridized carbons (Fsp3) is 0.667. The molecule has 0 aliphatic carbocycles. The van der Waals surface area contributed by atoms with Crippen LogP contribution in [0.2, 0.25) is 0 Å². The van der Waals surface area contributed by atoms with E-state index in [1.807, 2.05) is 18.2 Å². The van der Waals surface area contributed by atoms with E-state index in [0.29, 0.717) is 0 Å². The van der Waals surface area contributed by atoms with E-state index in [2.05, 4.69) is 4.90 Å². The molecule has 0 atom stereocenters. The van der Waals surface area contributed by atoms with Crippen molar-refractivity contribution in [3.05, 3.63) is 18.2 Å². The number of hydrogen-bond donors (Lipinski definition) is 0. The summed E-state index contributed by atoms with van der Waals surface area (Å²) in [4.78, 5) is 2.59. The highest BCUT2D eigenvalue weighted by molar-refractivity contribution is 5.41. The highest BCUT2D eigenvalue weighted by Crippen LogP contribution is 2.27. The van der Waals surface area contributed by atoms with Crippen molar-refractivity contribution in [2.45, 2.75) is 38.5 Å². The molecule has 0 radical (unpaired) electrons. The van der Waals surface area contributed by atoms with Gasteiger partial charge in [0, 0.05) is 18.2 Å². The van der Waals surface area contributed by atoms with Gasteiger partial charge in [-0.15, -0.1) is 0 Å². The van der Waals surface area contributed by atoms with Gasteiger partial charge in [0.05, 0.1) is 20.8 Å². The molecule has 4 heteroatoms. The minimum Gasteiger partial charge on any atom is -0.496 e. The van der Waals surface area contributed by atoms with E-state index in [0.717, 1.165) is 30.3 Å². The molecule has 2 rings (SSSR count). The molecular weight excluding hydrogens is 278 g/mol. The van der Waals surface area contributed by atoms with Crippen LogP contribution < -0.4 is 14.2 Å². The fourth-order valence-corrected chi connectivity index (χ4v) is 2.85. The van der Waals surface area contributed by atoms with Gasteiger partial charge in [-0.2, -0.15) is 0 Å². The van der Waals surface area contributed by atoms with Gasteiger partial charge >= 0.3 is 0 Å². The van der Waals surface area contributed by atoms with E-state index in [1.54, 1.807) is 14.2 Å². The van der Waals surface area contributed by atoms with Crippen molar-refractivity contribution in [3.63, 3.8) is 0 Å². The summed E-state index contributed by atoms with van der Waals surface area (Å²) in [7, 11) is 3.30.